The van der Waals surface area contributed by atoms with Crippen molar-refractivity contribution >= 4 is 11.9 Å². The van der Waals surface area contributed by atoms with Crippen LogP contribution in [0.5, 0.6) is 0 Å². The molecule has 0 aromatic heterocycles. The van der Waals surface area contributed by atoms with E-state index in [1.165, 1.54) is 64.4 Å². The van der Waals surface area contributed by atoms with Crippen LogP contribution in [0.15, 0.2) is 11.6 Å². The van der Waals surface area contributed by atoms with Crippen LogP contribution in [-0.2, 0) is 19.1 Å². The number of esters is 2. The number of rotatable bonds is 13. The van der Waals surface area contributed by atoms with E-state index in [1.807, 2.05) is 0 Å². The quantitative estimate of drug-likeness (QED) is 0.405. The number of hydrogen-bond acceptors (Lipinski definition) is 5. The number of unbranched alkanes of at least 4 members (excludes halogenated alkanes) is 9. The molecule has 5 nitrogen and oxygen atoms in total. The fourth-order valence-corrected chi connectivity index (χ4v) is 2.90. The van der Waals surface area contributed by atoms with E-state index in [9.17, 15) is 14.7 Å². The summed E-state index contributed by atoms with van der Waals surface area (Å²) >= 11 is 0. The second-order valence-electron chi connectivity index (χ2n) is 6.51. The third-order valence-electron chi connectivity index (χ3n) is 4.27. The summed E-state index contributed by atoms with van der Waals surface area (Å²) in [6.45, 7) is 3.48. The minimum atomic E-state index is -1.06. The number of carbonyl (C=O) groups excluding carboxylic acids is 2. The van der Waals surface area contributed by atoms with E-state index in [0.717, 1.165) is 12.8 Å². The standard InChI is InChI=1S/C19H32O5/c1-3-4-5-6-7-8-9-10-11-12-13-17(21)16-14-18(22)24-19(16)23-15(2)20/h14,17,19,21H,3-13H2,1-2H3. The van der Waals surface area contributed by atoms with Crippen LogP contribution in [-0.4, -0.2) is 29.4 Å². The maximum atomic E-state index is 11.3. The molecule has 1 aliphatic rings. The van der Waals surface area contributed by atoms with Crippen molar-refractivity contribution in [3.8, 4) is 0 Å². The lowest BCUT2D eigenvalue weighted by Gasteiger charge is -2.18. The summed E-state index contributed by atoms with van der Waals surface area (Å²) in [4.78, 5) is 22.3. The molecule has 0 aliphatic carbocycles. The molecule has 2 unspecified atom stereocenters. The monoisotopic (exact) mass is 340 g/mol. The zero-order valence-electron chi connectivity index (χ0n) is 15.1. The first-order valence-corrected chi connectivity index (χ1v) is 9.32. The first-order chi connectivity index (χ1) is 11.5. The average molecular weight is 340 g/mol. The minimum absolute atomic E-state index is 0.353. The van der Waals surface area contributed by atoms with Gasteiger partial charge in [-0.1, -0.05) is 71.1 Å². The molecule has 0 saturated carbocycles. The van der Waals surface area contributed by atoms with Gasteiger partial charge in [0.25, 0.3) is 6.29 Å². The maximum absolute atomic E-state index is 11.3. The SMILES string of the molecule is CCCCCCCCCCCCC(O)C1=CC(=O)OC1OC(C)=O. The molecular weight excluding hydrogens is 308 g/mol. The van der Waals surface area contributed by atoms with E-state index in [-0.39, 0.29) is 0 Å². The summed E-state index contributed by atoms with van der Waals surface area (Å²) in [6.07, 6.45) is 12.2. The van der Waals surface area contributed by atoms with Crippen LogP contribution < -0.4 is 0 Å². The van der Waals surface area contributed by atoms with Gasteiger partial charge in [0.15, 0.2) is 0 Å². The summed E-state index contributed by atoms with van der Waals surface area (Å²) in [6, 6.07) is 0. The predicted octanol–water partition coefficient (Wildman–Crippen LogP) is 4.03. The zero-order valence-corrected chi connectivity index (χ0v) is 15.1. The summed E-state index contributed by atoms with van der Waals surface area (Å²) in [5, 5.41) is 10.2. The normalized spacial score (nSPS) is 18.2. The zero-order chi connectivity index (χ0) is 17.8. The smallest absolute Gasteiger partial charge is 0.334 e. The van der Waals surface area contributed by atoms with Gasteiger partial charge in [0.2, 0.25) is 0 Å². The Labute approximate surface area is 145 Å². The molecule has 1 rings (SSSR count). The molecule has 138 valence electrons. The molecule has 5 heteroatoms. The fourth-order valence-electron chi connectivity index (χ4n) is 2.90. The van der Waals surface area contributed by atoms with Crippen LogP contribution in [0, 0.1) is 0 Å². The van der Waals surface area contributed by atoms with Gasteiger partial charge < -0.3 is 14.6 Å². The molecule has 0 spiro atoms. The van der Waals surface area contributed by atoms with Crippen molar-refractivity contribution in [2.45, 2.75) is 96.9 Å². The van der Waals surface area contributed by atoms with Crippen LogP contribution in [0.4, 0.5) is 0 Å². The molecule has 0 aromatic carbocycles. The maximum Gasteiger partial charge on any atom is 0.334 e. The molecule has 24 heavy (non-hydrogen) atoms. The lowest BCUT2D eigenvalue weighted by molar-refractivity contribution is -0.173. The lowest BCUT2D eigenvalue weighted by Crippen LogP contribution is -2.25. The molecule has 0 aromatic rings. The van der Waals surface area contributed by atoms with E-state index >= 15 is 0 Å². The Morgan fingerprint density at radius 1 is 1.12 bits per heavy atom. The van der Waals surface area contributed by atoms with E-state index < -0.39 is 24.3 Å². The number of cyclic esters (lactones) is 1. The minimum Gasteiger partial charge on any atom is -0.421 e. The van der Waals surface area contributed by atoms with Gasteiger partial charge >= 0.3 is 11.9 Å². The molecule has 0 radical (unpaired) electrons. The second kappa shape index (κ2) is 12.1. The average Bonchev–Trinajstić information content (AvgIpc) is 2.88. The van der Waals surface area contributed by atoms with Gasteiger partial charge in [-0.05, 0) is 6.42 Å². The molecule has 0 amide bonds. The first-order valence-electron chi connectivity index (χ1n) is 9.32. The molecular formula is C19H32O5. The van der Waals surface area contributed by atoms with Crippen molar-refractivity contribution in [3.05, 3.63) is 11.6 Å². The third kappa shape index (κ3) is 8.48. The van der Waals surface area contributed by atoms with Gasteiger partial charge in [-0.2, -0.15) is 0 Å². The molecule has 0 saturated heterocycles. The van der Waals surface area contributed by atoms with Crippen molar-refractivity contribution < 1.29 is 24.2 Å². The van der Waals surface area contributed by atoms with Gasteiger partial charge in [0, 0.05) is 18.6 Å². The summed E-state index contributed by atoms with van der Waals surface area (Å²) < 4.78 is 9.78. The van der Waals surface area contributed by atoms with Crippen LogP contribution >= 0.6 is 0 Å². The van der Waals surface area contributed by atoms with Crippen molar-refractivity contribution in [1.29, 1.82) is 0 Å². The van der Waals surface area contributed by atoms with E-state index in [0.29, 0.717) is 12.0 Å². The lowest BCUT2D eigenvalue weighted by atomic mass is 10.0. The molecule has 1 aliphatic heterocycles. The van der Waals surface area contributed by atoms with Crippen LogP contribution in [0.2, 0.25) is 0 Å². The molecule has 2 atom stereocenters. The Kier molecular flexibility index (Phi) is 10.4. The second-order valence-corrected chi connectivity index (χ2v) is 6.51. The number of hydrogen-bond donors (Lipinski definition) is 1. The molecule has 1 N–H and O–H groups in total. The van der Waals surface area contributed by atoms with Gasteiger partial charge in [0.1, 0.15) is 0 Å². The number of carbonyl (C=O) groups is 2. The molecule has 1 heterocycles. The summed E-state index contributed by atoms with van der Waals surface area (Å²) in [7, 11) is 0. The van der Waals surface area contributed by atoms with E-state index in [4.69, 9.17) is 9.47 Å². The van der Waals surface area contributed by atoms with Gasteiger partial charge in [-0.15, -0.1) is 0 Å². The Hall–Kier alpha value is -1.36. The van der Waals surface area contributed by atoms with Gasteiger partial charge in [-0.25, -0.2) is 4.79 Å². The van der Waals surface area contributed by atoms with Gasteiger partial charge in [-0.3, -0.25) is 4.79 Å². The predicted molar refractivity (Wildman–Crippen MR) is 92.2 cm³/mol. The van der Waals surface area contributed by atoms with Crippen molar-refractivity contribution in [1.82, 2.24) is 0 Å². The highest BCUT2D eigenvalue weighted by Crippen LogP contribution is 2.24. The first kappa shape index (κ1) is 20.7. The van der Waals surface area contributed by atoms with E-state index in [2.05, 4.69) is 6.92 Å². The van der Waals surface area contributed by atoms with Gasteiger partial charge in [0.05, 0.1) is 6.10 Å². The third-order valence-corrected chi connectivity index (χ3v) is 4.27. The Bertz CT molecular complexity index is 416. The summed E-state index contributed by atoms with van der Waals surface area (Å²) in [5.41, 5.74) is 0.353. The van der Waals surface area contributed by atoms with Crippen LogP contribution in [0.25, 0.3) is 0 Å². The fraction of sp³-hybridized carbons (Fsp3) is 0.789. The summed E-state index contributed by atoms with van der Waals surface area (Å²) in [5.74, 6) is -1.11. The highest BCUT2D eigenvalue weighted by molar-refractivity contribution is 5.86. The van der Waals surface area contributed by atoms with Crippen molar-refractivity contribution in [2.24, 2.45) is 0 Å². The molecule has 0 bridgehead atoms. The topological polar surface area (TPSA) is 72.8 Å². The highest BCUT2D eigenvalue weighted by atomic mass is 16.7. The van der Waals surface area contributed by atoms with Crippen LogP contribution in [0.3, 0.4) is 0 Å². The van der Waals surface area contributed by atoms with E-state index in [1.54, 1.807) is 0 Å². The molecule has 0 fully saturated rings. The Morgan fingerprint density at radius 2 is 1.67 bits per heavy atom. The van der Waals surface area contributed by atoms with Crippen molar-refractivity contribution in [3.63, 3.8) is 0 Å². The van der Waals surface area contributed by atoms with Crippen LogP contribution in [0.1, 0.15) is 84.5 Å². The number of ether oxygens (including phenoxy) is 2. The van der Waals surface area contributed by atoms with Crippen molar-refractivity contribution in [2.75, 3.05) is 0 Å². The Morgan fingerprint density at radius 3 is 2.21 bits per heavy atom. The highest BCUT2D eigenvalue weighted by Gasteiger charge is 2.33. The number of aliphatic hydroxyl groups excluding tert-OH is 1. The Balaban J connectivity index is 2.10. The largest absolute Gasteiger partial charge is 0.421 e. The number of aliphatic hydroxyl groups is 1.